The summed E-state index contributed by atoms with van der Waals surface area (Å²) in [7, 11) is 0. The molecule has 3 aromatic rings. The molecule has 6 heteroatoms. The van der Waals surface area contributed by atoms with Crippen LogP contribution in [0.25, 0.3) is 10.2 Å². The number of nitrogens with zero attached hydrogens (tertiary/aromatic N) is 3. The van der Waals surface area contributed by atoms with Gasteiger partial charge in [-0.25, -0.2) is 9.97 Å². The lowest BCUT2D eigenvalue weighted by atomic mass is 9.97. The van der Waals surface area contributed by atoms with Crippen LogP contribution >= 0.6 is 11.3 Å². The van der Waals surface area contributed by atoms with Crippen LogP contribution in [0.5, 0.6) is 5.88 Å². The van der Waals surface area contributed by atoms with Crippen molar-refractivity contribution in [2.24, 2.45) is 0 Å². The number of carbonyl (C=O) groups is 1. The predicted molar refractivity (Wildman–Crippen MR) is 102 cm³/mol. The zero-order valence-corrected chi connectivity index (χ0v) is 15.2. The standard InChI is InChI=1S/C20H19N3O2S/c24-17(23-10-9-13-5-1-3-7-15(13)23)11-25-19-18-14-6-2-4-8-16(14)26-20(18)22-12-21-19/h1,3,5,7,12H,2,4,6,8-11H2. The molecule has 5 nitrogen and oxygen atoms in total. The molecule has 0 atom stereocenters. The summed E-state index contributed by atoms with van der Waals surface area (Å²) in [4.78, 5) is 25.6. The highest BCUT2D eigenvalue weighted by atomic mass is 32.1. The van der Waals surface area contributed by atoms with Crippen LogP contribution in [0.4, 0.5) is 5.69 Å². The van der Waals surface area contributed by atoms with Crippen molar-refractivity contribution < 1.29 is 9.53 Å². The van der Waals surface area contributed by atoms with Gasteiger partial charge in [0.05, 0.1) is 5.39 Å². The third-order valence-electron chi connectivity index (χ3n) is 5.24. The van der Waals surface area contributed by atoms with Crippen LogP contribution in [0, 0.1) is 0 Å². The first-order valence-corrected chi connectivity index (χ1v) is 9.89. The van der Waals surface area contributed by atoms with Crippen molar-refractivity contribution in [3.63, 3.8) is 0 Å². The second-order valence-corrected chi connectivity index (χ2v) is 7.87. The monoisotopic (exact) mass is 365 g/mol. The van der Waals surface area contributed by atoms with E-state index in [0.717, 1.165) is 35.2 Å². The van der Waals surface area contributed by atoms with Crippen LogP contribution in [0.3, 0.4) is 0 Å². The Morgan fingerprint density at radius 2 is 2.04 bits per heavy atom. The summed E-state index contributed by atoms with van der Waals surface area (Å²) in [6, 6.07) is 8.06. The zero-order valence-electron chi connectivity index (χ0n) is 14.4. The third kappa shape index (κ3) is 2.56. The van der Waals surface area contributed by atoms with Crippen molar-refractivity contribution >= 4 is 33.1 Å². The minimum atomic E-state index is -0.0224. The second kappa shape index (κ2) is 6.36. The Balaban J connectivity index is 1.39. The van der Waals surface area contributed by atoms with Crippen LogP contribution in [0.15, 0.2) is 30.6 Å². The van der Waals surface area contributed by atoms with Gasteiger partial charge in [0.25, 0.3) is 5.91 Å². The Morgan fingerprint density at radius 1 is 1.15 bits per heavy atom. The second-order valence-electron chi connectivity index (χ2n) is 6.78. The average Bonchev–Trinajstić information content (AvgIpc) is 3.27. The number of aromatic nitrogens is 2. The summed E-state index contributed by atoms with van der Waals surface area (Å²) < 4.78 is 5.90. The molecule has 1 amide bonds. The maximum atomic E-state index is 12.7. The summed E-state index contributed by atoms with van der Waals surface area (Å²) in [5, 5.41) is 1.02. The van der Waals surface area contributed by atoms with Gasteiger partial charge in [-0.2, -0.15) is 0 Å². The van der Waals surface area contributed by atoms with Gasteiger partial charge in [-0.15, -0.1) is 11.3 Å². The first-order valence-electron chi connectivity index (χ1n) is 9.07. The van der Waals surface area contributed by atoms with Gasteiger partial charge in [-0.3, -0.25) is 4.79 Å². The fourth-order valence-corrected chi connectivity index (χ4v) is 5.20. The molecule has 1 aliphatic carbocycles. The Kier molecular flexibility index (Phi) is 3.85. The SMILES string of the molecule is O=C(COc1ncnc2sc3c(c12)CCCC3)N1CCc2ccccc21. The van der Waals surface area contributed by atoms with E-state index in [1.807, 2.05) is 23.1 Å². The number of carbonyl (C=O) groups excluding carboxylic acids is 1. The Bertz CT molecular complexity index is 998. The fraction of sp³-hybridized carbons (Fsp3) is 0.350. The molecule has 132 valence electrons. The quantitative estimate of drug-likeness (QED) is 0.712. The molecule has 0 N–H and O–H groups in total. The summed E-state index contributed by atoms with van der Waals surface area (Å²) in [6.07, 6.45) is 7.02. The third-order valence-corrected chi connectivity index (χ3v) is 6.44. The van der Waals surface area contributed by atoms with E-state index in [1.54, 1.807) is 11.3 Å². The molecule has 1 aliphatic heterocycles. The van der Waals surface area contributed by atoms with Crippen LogP contribution in [-0.2, 0) is 24.1 Å². The van der Waals surface area contributed by atoms with Gasteiger partial charge in [0.2, 0.25) is 5.88 Å². The molecule has 5 rings (SSSR count). The number of aryl methyl sites for hydroxylation is 2. The molecular weight excluding hydrogens is 346 g/mol. The smallest absolute Gasteiger partial charge is 0.264 e. The number of rotatable bonds is 3. The highest BCUT2D eigenvalue weighted by Crippen LogP contribution is 2.39. The van der Waals surface area contributed by atoms with E-state index < -0.39 is 0 Å². The van der Waals surface area contributed by atoms with Gasteiger partial charge < -0.3 is 9.64 Å². The lowest BCUT2D eigenvalue weighted by Gasteiger charge is -2.17. The number of fused-ring (bicyclic) bond motifs is 4. The summed E-state index contributed by atoms with van der Waals surface area (Å²) in [5.41, 5.74) is 3.55. The molecule has 26 heavy (non-hydrogen) atoms. The number of anilines is 1. The van der Waals surface area contributed by atoms with Crippen LogP contribution in [-0.4, -0.2) is 29.0 Å². The number of amides is 1. The summed E-state index contributed by atoms with van der Waals surface area (Å²) in [5.74, 6) is 0.529. The van der Waals surface area contributed by atoms with E-state index in [2.05, 4.69) is 16.0 Å². The van der Waals surface area contributed by atoms with E-state index in [0.29, 0.717) is 12.4 Å². The number of hydrogen-bond acceptors (Lipinski definition) is 5. The Morgan fingerprint density at radius 3 is 3.00 bits per heavy atom. The molecular formula is C20H19N3O2S. The Labute approximate surface area is 155 Å². The van der Waals surface area contributed by atoms with Crippen molar-refractivity contribution in [1.29, 1.82) is 0 Å². The fourth-order valence-electron chi connectivity index (χ4n) is 3.98. The molecule has 3 heterocycles. The number of benzene rings is 1. The van der Waals surface area contributed by atoms with Gasteiger partial charge in [-0.05, 0) is 49.3 Å². The molecule has 2 aromatic heterocycles. The summed E-state index contributed by atoms with van der Waals surface area (Å²) >= 11 is 1.74. The average molecular weight is 365 g/mol. The van der Waals surface area contributed by atoms with E-state index >= 15 is 0 Å². The van der Waals surface area contributed by atoms with Crippen LogP contribution in [0.1, 0.15) is 28.8 Å². The van der Waals surface area contributed by atoms with Crippen molar-refractivity contribution in [3.8, 4) is 5.88 Å². The molecule has 0 unspecified atom stereocenters. The Hall–Kier alpha value is -2.47. The van der Waals surface area contributed by atoms with Gasteiger partial charge >= 0.3 is 0 Å². The predicted octanol–water partition coefficient (Wildman–Crippen LogP) is 3.54. The van der Waals surface area contributed by atoms with Gasteiger partial charge in [0, 0.05) is 17.1 Å². The molecule has 0 saturated heterocycles. The number of hydrogen-bond donors (Lipinski definition) is 0. The van der Waals surface area contributed by atoms with E-state index in [4.69, 9.17) is 4.74 Å². The summed E-state index contributed by atoms with van der Waals surface area (Å²) in [6.45, 7) is 0.722. The van der Waals surface area contributed by atoms with Gasteiger partial charge in [0.1, 0.15) is 11.2 Å². The minimum absolute atomic E-state index is 0.00503. The lowest BCUT2D eigenvalue weighted by molar-refractivity contribution is -0.120. The topological polar surface area (TPSA) is 55.3 Å². The van der Waals surface area contributed by atoms with E-state index in [9.17, 15) is 4.79 Å². The van der Waals surface area contributed by atoms with Crippen molar-refractivity contribution in [3.05, 3.63) is 46.6 Å². The van der Waals surface area contributed by atoms with Crippen molar-refractivity contribution in [2.45, 2.75) is 32.1 Å². The largest absolute Gasteiger partial charge is 0.467 e. The lowest BCUT2D eigenvalue weighted by Crippen LogP contribution is -2.33. The molecule has 0 bridgehead atoms. The van der Waals surface area contributed by atoms with Gasteiger partial charge in [-0.1, -0.05) is 18.2 Å². The minimum Gasteiger partial charge on any atom is -0.467 e. The number of ether oxygens (including phenoxy) is 1. The van der Waals surface area contributed by atoms with Crippen molar-refractivity contribution in [2.75, 3.05) is 18.1 Å². The maximum Gasteiger partial charge on any atom is 0.264 e. The first kappa shape index (κ1) is 15.8. The van der Waals surface area contributed by atoms with E-state index in [1.165, 1.54) is 35.2 Å². The molecule has 0 saturated carbocycles. The molecule has 0 spiro atoms. The maximum absolute atomic E-state index is 12.7. The molecule has 0 radical (unpaired) electrons. The highest BCUT2D eigenvalue weighted by Gasteiger charge is 2.25. The van der Waals surface area contributed by atoms with E-state index in [-0.39, 0.29) is 12.5 Å². The molecule has 2 aliphatic rings. The normalized spacial score (nSPS) is 15.8. The zero-order chi connectivity index (χ0) is 17.5. The highest BCUT2D eigenvalue weighted by molar-refractivity contribution is 7.18. The number of para-hydroxylation sites is 1. The van der Waals surface area contributed by atoms with Crippen LogP contribution in [0.2, 0.25) is 0 Å². The molecule has 1 aromatic carbocycles. The van der Waals surface area contributed by atoms with Gasteiger partial charge in [0.15, 0.2) is 6.61 Å². The molecule has 0 fully saturated rings. The van der Waals surface area contributed by atoms with Crippen molar-refractivity contribution in [1.82, 2.24) is 9.97 Å². The first-order chi connectivity index (χ1) is 12.8. The van der Waals surface area contributed by atoms with Crippen LogP contribution < -0.4 is 9.64 Å². The number of thiophene rings is 1.